The van der Waals surface area contributed by atoms with Crippen LogP contribution in [0.2, 0.25) is 0 Å². The minimum absolute atomic E-state index is 0.0262. The first-order chi connectivity index (χ1) is 7.61. The Kier molecular flexibility index (Phi) is 5.28. The lowest BCUT2D eigenvalue weighted by molar-refractivity contribution is -0.113. The van der Waals surface area contributed by atoms with Crippen LogP contribution < -0.4 is 5.32 Å². The summed E-state index contributed by atoms with van der Waals surface area (Å²) in [5.41, 5.74) is 0.447. The van der Waals surface area contributed by atoms with Gasteiger partial charge in [-0.2, -0.15) is 0 Å². The molecule has 0 fully saturated rings. The lowest BCUT2D eigenvalue weighted by Gasteiger charge is -2.08. The summed E-state index contributed by atoms with van der Waals surface area (Å²) < 4.78 is 12.8. The van der Waals surface area contributed by atoms with Crippen molar-refractivity contribution in [3.63, 3.8) is 0 Å². The lowest BCUT2D eigenvalue weighted by Crippen LogP contribution is -2.16. The van der Waals surface area contributed by atoms with E-state index < -0.39 is 0 Å². The molecule has 0 bridgehead atoms. The van der Waals surface area contributed by atoms with Crippen molar-refractivity contribution in [3.05, 3.63) is 30.1 Å². The fraction of sp³-hybridized carbons (Fsp3) is 0.364. The number of aliphatic hydroxyl groups excluding tert-OH is 1. The number of aliphatic hydroxyl groups is 1. The molecule has 0 aliphatic heterocycles. The van der Waals surface area contributed by atoms with Gasteiger partial charge in [0.25, 0.3) is 0 Å². The second-order valence-corrected chi connectivity index (χ2v) is 4.79. The predicted molar refractivity (Wildman–Crippen MR) is 64.0 cm³/mol. The normalized spacial score (nSPS) is 12.2. The smallest absolute Gasteiger partial charge is 0.234 e. The Labute approximate surface area is 98.1 Å². The van der Waals surface area contributed by atoms with Crippen LogP contribution in [0.3, 0.4) is 0 Å². The number of thioether (sulfide) groups is 1. The highest BCUT2D eigenvalue weighted by Crippen LogP contribution is 2.12. The maximum absolute atomic E-state index is 12.8. The van der Waals surface area contributed by atoms with Crippen molar-refractivity contribution in [2.75, 3.05) is 17.7 Å². The molecule has 5 heteroatoms. The molecule has 1 aromatic rings. The summed E-state index contributed by atoms with van der Waals surface area (Å²) in [4.78, 5) is 11.4. The Morgan fingerprint density at radius 3 is 3.00 bits per heavy atom. The maximum Gasteiger partial charge on any atom is 0.234 e. The zero-order valence-electron chi connectivity index (χ0n) is 8.94. The molecule has 0 heterocycles. The van der Waals surface area contributed by atoms with Crippen LogP contribution in [0, 0.1) is 5.82 Å². The highest BCUT2D eigenvalue weighted by atomic mass is 32.2. The van der Waals surface area contributed by atoms with Gasteiger partial charge in [0.05, 0.1) is 12.4 Å². The van der Waals surface area contributed by atoms with Gasteiger partial charge in [-0.3, -0.25) is 4.79 Å². The first-order valence-corrected chi connectivity index (χ1v) is 5.94. The Hall–Kier alpha value is -1.07. The third kappa shape index (κ3) is 4.63. The van der Waals surface area contributed by atoms with Crippen LogP contribution in [-0.2, 0) is 4.79 Å². The molecule has 0 saturated heterocycles. The van der Waals surface area contributed by atoms with Gasteiger partial charge in [0.2, 0.25) is 5.91 Å². The fourth-order valence-corrected chi connectivity index (χ4v) is 1.65. The number of amides is 1. The second kappa shape index (κ2) is 6.50. The number of hydrogen-bond acceptors (Lipinski definition) is 3. The van der Waals surface area contributed by atoms with Gasteiger partial charge in [0.1, 0.15) is 5.82 Å². The van der Waals surface area contributed by atoms with Crippen molar-refractivity contribution in [2.45, 2.75) is 12.2 Å². The van der Waals surface area contributed by atoms with Crippen molar-refractivity contribution in [1.82, 2.24) is 0 Å². The largest absolute Gasteiger partial charge is 0.395 e. The average Bonchev–Trinajstić information content (AvgIpc) is 2.26. The van der Waals surface area contributed by atoms with Crippen molar-refractivity contribution < 1.29 is 14.3 Å². The molecule has 1 amide bonds. The Bertz CT molecular complexity index is 360. The minimum Gasteiger partial charge on any atom is -0.395 e. The number of carbonyl (C=O) groups is 1. The van der Waals surface area contributed by atoms with Gasteiger partial charge in [-0.1, -0.05) is 13.0 Å². The first-order valence-electron chi connectivity index (χ1n) is 4.89. The zero-order valence-corrected chi connectivity index (χ0v) is 9.76. The molecule has 0 aliphatic carbocycles. The van der Waals surface area contributed by atoms with Crippen LogP contribution in [0.1, 0.15) is 6.92 Å². The van der Waals surface area contributed by atoms with Crippen LogP contribution in [-0.4, -0.2) is 28.6 Å². The molecule has 0 radical (unpaired) electrons. The SMILES string of the molecule is CC(CO)SCC(=O)Nc1cccc(F)c1. The van der Waals surface area contributed by atoms with E-state index in [0.29, 0.717) is 5.69 Å². The molecule has 2 N–H and O–H groups in total. The molecule has 3 nitrogen and oxygen atoms in total. The Balaban J connectivity index is 2.40. The molecule has 88 valence electrons. The van der Waals surface area contributed by atoms with E-state index in [1.807, 2.05) is 6.92 Å². The number of benzene rings is 1. The monoisotopic (exact) mass is 243 g/mol. The predicted octanol–water partition coefficient (Wildman–Crippen LogP) is 1.88. The number of halogens is 1. The van der Waals surface area contributed by atoms with Gasteiger partial charge >= 0.3 is 0 Å². The fourth-order valence-electron chi connectivity index (χ4n) is 1.03. The summed E-state index contributed by atoms with van der Waals surface area (Å²) >= 11 is 1.35. The van der Waals surface area contributed by atoms with Crippen LogP contribution >= 0.6 is 11.8 Å². The van der Waals surface area contributed by atoms with Crippen molar-refractivity contribution in [2.24, 2.45) is 0 Å². The number of carbonyl (C=O) groups excluding carboxylic acids is 1. The maximum atomic E-state index is 12.8. The van der Waals surface area contributed by atoms with Gasteiger partial charge in [-0.25, -0.2) is 4.39 Å². The Morgan fingerprint density at radius 2 is 2.38 bits per heavy atom. The minimum atomic E-state index is -0.380. The van der Waals surface area contributed by atoms with Crippen LogP contribution in [0.5, 0.6) is 0 Å². The molecular weight excluding hydrogens is 229 g/mol. The second-order valence-electron chi connectivity index (χ2n) is 3.36. The van der Waals surface area contributed by atoms with Gasteiger partial charge in [0, 0.05) is 10.9 Å². The average molecular weight is 243 g/mol. The van der Waals surface area contributed by atoms with E-state index in [0.717, 1.165) is 0 Å². The summed E-state index contributed by atoms with van der Waals surface area (Å²) in [5, 5.41) is 11.4. The van der Waals surface area contributed by atoms with Gasteiger partial charge in [-0.05, 0) is 18.2 Å². The van der Waals surface area contributed by atoms with E-state index in [2.05, 4.69) is 5.32 Å². The van der Waals surface area contributed by atoms with Crippen molar-refractivity contribution in [1.29, 1.82) is 0 Å². The van der Waals surface area contributed by atoms with Crippen LogP contribution in [0.15, 0.2) is 24.3 Å². The van der Waals surface area contributed by atoms with Gasteiger partial charge in [0.15, 0.2) is 0 Å². The molecule has 0 saturated carbocycles. The summed E-state index contributed by atoms with van der Waals surface area (Å²) in [7, 11) is 0. The number of hydrogen-bond donors (Lipinski definition) is 2. The molecule has 0 spiro atoms. The lowest BCUT2D eigenvalue weighted by atomic mass is 10.3. The molecule has 16 heavy (non-hydrogen) atoms. The Morgan fingerprint density at radius 1 is 1.62 bits per heavy atom. The highest BCUT2D eigenvalue weighted by molar-refractivity contribution is 8.00. The quantitative estimate of drug-likeness (QED) is 0.830. The van der Waals surface area contributed by atoms with E-state index >= 15 is 0 Å². The molecular formula is C11H14FNO2S. The van der Waals surface area contributed by atoms with Gasteiger partial charge < -0.3 is 10.4 Å². The van der Waals surface area contributed by atoms with E-state index in [-0.39, 0.29) is 29.3 Å². The number of rotatable bonds is 5. The molecule has 1 rings (SSSR count). The molecule has 1 aromatic carbocycles. The van der Waals surface area contributed by atoms with Crippen LogP contribution in [0.25, 0.3) is 0 Å². The molecule has 1 atom stereocenters. The summed E-state index contributed by atoms with van der Waals surface area (Å²) in [5.74, 6) is -0.330. The summed E-state index contributed by atoms with van der Waals surface area (Å²) in [6.45, 7) is 1.87. The van der Waals surface area contributed by atoms with E-state index in [1.165, 1.54) is 30.0 Å². The van der Waals surface area contributed by atoms with Gasteiger partial charge in [-0.15, -0.1) is 11.8 Å². The van der Waals surface area contributed by atoms with E-state index in [9.17, 15) is 9.18 Å². The third-order valence-corrected chi connectivity index (χ3v) is 3.01. The first kappa shape index (κ1) is 13.0. The number of anilines is 1. The molecule has 1 unspecified atom stereocenters. The zero-order chi connectivity index (χ0) is 12.0. The highest BCUT2D eigenvalue weighted by Gasteiger charge is 2.06. The van der Waals surface area contributed by atoms with E-state index in [1.54, 1.807) is 6.07 Å². The van der Waals surface area contributed by atoms with Crippen molar-refractivity contribution >= 4 is 23.4 Å². The summed E-state index contributed by atoms with van der Waals surface area (Å²) in [6, 6.07) is 5.74. The number of nitrogens with one attached hydrogen (secondary N) is 1. The molecule has 0 aliphatic rings. The third-order valence-electron chi connectivity index (χ3n) is 1.86. The van der Waals surface area contributed by atoms with E-state index in [4.69, 9.17) is 5.11 Å². The topological polar surface area (TPSA) is 49.3 Å². The van der Waals surface area contributed by atoms with Crippen LogP contribution in [0.4, 0.5) is 10.1 Å². The standard InChI is InChI=1S/C11H14FNO2S/c1-8(6-14)16-7-11(15)13-10-4-2-3-9(12)5-10/h2-5,8,14H,6-7H2,1H3,(H,13,15). The summed E-state index contributed by atoms with van der Waals surface area (Å²) in [6.07, 6.45) is 0. The molecule has 0 aromatic heterocycles. The van der Waals surface area contributed by atoms with Crippen molar-refractivity contribution in [3.8, 4) is 0 Å².